The monoisotopic (exact) mass is 360 g/mol. The molecule has 0 aromatic carbocycles. The van der Waals surface area contributed by atoms with Gasteiger partial charge in [-0.25, -0.2) is 15.0 Å². The third-order valence-electron chi connectivity index (χ3n) is 5.60. The van der Waals surface area contributed by atoms with Crippen molar-refractivity contribution in [3.8, 4) is 0 Å². The highest BCUT2D eigenvalue weighted by Crippen LogP contribution is 2.40. The van der Waals surface area contributed by atoms with Gasteiger partial charge in [-0.05, 0) is 37.3 Å². The number of pyridine rings is 1. The minimum atomic E-state index is 0.421. The fourth-order valence-electron chi connectivity index (χ4n) is 4.04. The summed E-state index contributed by atoms with van der Waals surface area (Å²) in [4.78, 5) is 20.4. The number of rotatable bonds is 5. The van der Waals surface area contributed by atoms with Crippen LogP contribution >= 0.6 is 0 Å². The lowest BCUT2D eigenvalue weighted by molar-refractivity contribution is 0.473. The van der Waals surface area contributed by atoms with E-state index in [-0.39, 0.29) is 0 Å². The second kappa shape index (κ2) is 7.10. The predicted molar refractivity (Wildman–Crippen MR) is 104 cm³/mol. The molecule has 4 heterocycles. The number of hydrogen-bond acceptors (Lipinski definition) is 5. The number of aromatic nitrogens is 5. The van der Waals surface area contributed by atoms with E-state index in [2.05, 4.69) is 42.7 Å². The smallest absolute Gasteiger partial charge is 0.132 e. The lowest BCUT2D eigenvalue weighted by Gasteiger charge is -2.33. The Morgan fingerprint density at radius 3 is 2.85 bits per heavy atom. The summed E-state index contributed by atoms with van der Waals surface area (Å²) in [5.74, 6) is 3.32. The Balaban J connectivity index is 1.34. The van der Waals surface area contributed by atoms with Gasteiger partial charge >= 0.3 is 0 Å². The zero-order valence-corrected chi connectivity index (χ0v) is 15.4. The average Bonchev–Trinajstić information content (AvgIpc) is 3.48. The second-order valence-electron chi connectivity index (χ2n) is 7.64. The molecule has 1 saturated heterocycles. The molecule has 1 saturated carbocycles. The highest BCUT2D eigenvalue weighted by molar-refractivity contribution is 5.41. The van der Waals surface area contributed by atoms with Gasteiger partial charge < -0.3 is 9.47 Å². The topological polar surface area (TPSA) is 59.7 Å². The molecule has 2 aliphatic rings. The van der Waals surface area contributed by atoms with Crippen LogP contribution in [-0.2, 0) is 6.54 Å². The largest absolute Gasteiger partial charge is 0.356 e. The van der Waals surface area contributed by atoms with Gasteiger partial charge in [0.15, 0.2) is 0 Å². The Bertz CT molecular complexity index is 902. The molecule has 1 atom stereocenters. The molecular weight excluding hydrogens is 336 g/mol. The molecule has 0 bridgehead atoms. The molecule has 27 heavy (non-hydrogen) atoms. The third kappa shape index (κ3) is 3.56. The maximum atomic E-state index is 4.70. The standard InChI is InChI=1S/C21H24N6/c1-3-16(12-22-7-1)13-27-10-8-23-21(27)18-4-2-9-26(14-18)20-11-19(17-5-6-17)24-15-25-20/h1,3,7-8,10-12,15,17-18H,2,4-6,9,13-14H2/t18-/m1/s1. The van der Waals surface area contributed by atoms with Crippen LogP contribution in [0.15, 0.2) is 49.3 Å². The van der Waals surface area contributed by atoms with Crippen molar-refractivity contribution in [3.05, 3.63) is 66.4 Å². The van der Waals surface area contributed by atoms with Crippen molar-refractivity contribution in [2.75, 3.05) is 18.0 Å². The fraction of sp³-hybridized carbons (Fsp3) is 0.429. The molecule has 6 nitrogen and oxygen atoms in total. The van der Waals surface area contributed by atoms with Gasteiger partial charge in [0.05, 0.1) is 6.54 Å². The van der Waals surface area contributed by atoms with Gasteiger partial charge in [0.25, 0.3) is 0 Å². The number of piperidine rings is 1. The van der Waals surface area contributed by atoms with Crippen LogP contribution in [0.4, 0.5) is 5.82 Å². The number of imidazole rings is 1. The van der Waals surface area contributed by atoms with Crippen molar-refractivity contribution in [2.45, 2.75) is 44.1 Å². The van der Waals surface area contributed by atoms with Gasteiger partial charge in [-0.3, -0.25) is 4.98 Å². The van der Waals surface area contributed by atoms with E-state index in [0.29, 0.717) is 11.8 Å². The summed E-state index contributed by atoms with van der Waals surface area (Å²) in [6, 6.07) is 6.30. The molecule has 3 aromatic heterocycles. The normalized spacial score (nSPS) is 20.0. The Labute approximate surface area is 159 Å². The van der Waals surface area contributed by atoms with Crippen LogP contribution in [0.1, 0.15) is 54.6 Å². The molecule has 0 radical (unpaired) electrons. The van der Waals surface area contributed by atoms with Crippen LogP contribution in [0, 0.1) is 0 Å². The minimum Gasteiger partial charge on any atom is -0.356 e. The van der Waals surface area contributed by atoms with Crippen LogP contribution in [-0.4, -0.2) is 37.6 Å². The number of nitrogens with zero attached hydrogens (tertiary/aromatic N) is 6. The summed E-state index contributed by atoms with van der Waals surface area (Å²) >= 11 is 0. The Morgan fingerprint density at radius 1 is 1.04 bits per heavy atom. The zero-order chi connectivity index (χ0) is 18.1. The quantitative estimate of drug-likeness (QED) is 0.698. The van der Waals surface area contributed by atoms with Gasteiger partial charge in [0.1, 0.15) is 18.0 Å². The van der Waals surface area contributed by atoms with Crippen molar-refractivity contribution in [1.29, 1.82) is 0 Å². The van der Waals surface area contributed by atoms with Crippen molar-refractivity contribution < 1.29 is 0 Å². The molecule has 0 unspecified atom stereocenters. The van der Waals surface area contributed by atoms with Crippen molar-refractivity contribution in [1.82, 2.24) is 24.5 Å². The predicted octanol–water partition coefficient (Wildman–Crippen LogP) is 3.38. The number of hydrogen-bond donors (Lipinski definition) is 0. The third-order valence-corrected chi connectivity index (χ3v) is 5.60. The van der Waals surface area contributed by atoms with Crippen molar-refractivity contribution >= 4 is 5.82 Å². The SMILES string of the molecule is c1cncc(Cn2ccnc2[C@@H]2CCCN(c3cc(C4CC4)ncn3)C2)c1. The van der Waals surface area contributed by atoms with E-state index in [9.17, 15) is 0 Å². The van der Waals surface area contributed by atoms with Gasteiger partial charge in [0.2, 0.25) is 0 Å². The highest BCUT2D eigenvalue weighted by atomic mass is 15.2. The average molecular weight is 360 g/mol. The summed E-state index contributed by atoms with van der Waals surface area (Å²) in [6.07, 6.45) is 14.3. The van der Waals surface area contributed by atoms with Crippen molar-refractivity contribution in [3.63, 3.8) is 0 Å². The summed E-state index contributed by atoms with van der Waals surface area (Å²) in [5.41, 5.74) is 2.41. The maximum Gasteiger partial charge on any atom is 0.132 e. The van der Waals surface area contributed by atoms with Crippen molar-refractivity contribution in [2.24, 2.45) is 0 Å². The fourth-order valence-corrected chi connectivity index (χ4v) is 4.04. The lowest BCUT2D eigenvalue weighted by Crippen LogP contribution is -2.36. The van der Waals surface area contributed by atoms with E-state index in [1.54, 1.807) is 6.33 Å². The summed E-state index contributed by atoms with van der Waals surface area (Å²) < 4.78 is 2.26. The molecule has 5 rings (SSSR count). The van der Waals surface area contributed by atoms with Gasteiger partial charge in [0, 0.05) is 61.5 Å². The van der Waals surface area contributed by atoms with Crippen LogP contribution in [0.5, 0.6) is 0 Å². The van der Waals surface area contributed by atoms with E-state index in [0.717, 1.165) is 31.9 Å². The van der Waals surface area contributed by atoms with Gasteiger partial charge in [-0.1, -0.05) is 6.07 Å². The molecule has 0 N–H and O–H groups in total. The zero-order valence-electron chi connectivity index (χ0n) is 15.4. The van der Waals surface area contributed by atoms with Crippen LogP contribution in [0.25, 0.3) is 0 Å². The lowest BCUT2D eigenvalue weighted by atomic mass is 9.97. The summed E-state index contributed by atoms with van der Waals surface area (Å²) in [5, 5.41) is 0. The highest BCUT2D eigenvalue weighted by Gasteiger charge is 2.28. The van der Waals surface area contributed by atoms with Crippen LogP contribution in [0.3, 0.4) is 0 Å². The summed E-state index contributed by atoms with van der Waals surface area (Å²) in [6.45, 7) is 2.84. The molecule has 6 heteroatoms. The van der Waals surface area contributed by atoms with Crippen LogP contribution < -0.4 is 4.90 Å². The Morgan fingerprint density at radius 2 is 2.00 bits per heavy atom. The molecule has 2 fully saturated rings. The molecule has 0 spiro atoms. The molecule has 138 valence electrons. The van der Waals surface area contributed by atoms with E-state index < -0.39 is 0 Å². The van der Waals surface area contributed by atoms with E-state index in [1.807, 2.05) is 24.7 Å². The second-order valence-corrected chi connectivity index (χ2v) is 7.64. The molecule has 1 aliphatic carbocycles. The first-order valence-corrected chi connectivity index (χ1v) is 9.83. The van der Waals surface area contributed by atoms with Gasteiger partial charge in [-0.2, -0.15) is 0 Å². The first-order valence-electron chi connectivity index (χ1n) is 9.83. The Kier molecular flexibility index (Phi) is 4.32. The first-order chi connectivity index (χ1) is 13.4. The summed E-state index contributed by atoms with van der Waals surface area (Å²) in [7, 11) is 0. The number of anilines is 1. The molecule has 1 aliphatic heterocycles. The Hall–Kier alpha value is -2.76. The van der Waals surface area contributed by atoms with Gasteiger partial charge in [-0.15, -0.1) is 0 Å². The molecule has 3 aromatic rings. The van der Waals surface area contributed by atoms with E-state index >= 15 is 0 Å². The van der Waals surface area contributed by atoms with E-state index in [4.69, 9.17) is 4.98 Å². The first kappa shape index (κ1) is 16.4. The van der Waals surface area contributed by atoms with Crippen LogP contribution in [0.2, 0.25) is 0 Å². The molecular formula is C21H24N6. The van der Waals surface area contributed by atoms with E-state index in [1.165, 1.54) is 36.3 Å². The minimum absolute atomic E-state index is 0.421. The molecule has 0 amide bonds. The maximum absolute atomic E-state index is 4.70.